The van der Waals surface area contributed by atoms with E-state index in [0.29, 0.717) is 37.6 Å². The number of piperazine rings is 1. The lowest BCUT2D eigenvalue weighted by Gasteiger charge is -2.36. The van der Waals surface area contributed by atoms with Gasteiger partial charge >= 0.3 is 0 Å². The monoisotopic (exact) mass is 373 g/mol. The predicted molar refractivity (Wildman–Crippen MR) is 96.9 cm³/mol. The van der Waals surface area contributed by atoms with Crippen molar-refractivity contribution in [2.75, 3.05) is 43.4 Å². The van der Waals surface area contributed by atoms with E-state index < -0.39 is 10.0 Å². The number of carbonyl (C=O) groups excluding carboxylic acids is 1. The zero-order valence-corrected chi connectivity index (χ0v) is 15.4. The predicted octanol–water partition coefficient (Wildman–Crippen LogP) is 1.71. The van der Waals surface area contributed by atoms with Gasteiger partial charge in [0, 0.05) is 36.9 Å². The lowest BCUT2D eigenvalue weighted by molar-refractivity contribution is -0.130. The SMILES string of the molecule is CCCCS(=O)(=O)NCC(=O)N1CCN(c2cccc(Cl)c2)CC1. The first kappa shape index (κ1) is 19.0. The quantitative estimate of drug-likeness (QED) is 0.789. The minimum absolute atomic E-state index is 0.0688. The van der Waals surface area contributed by atoms with Gasteiger partial charge in [-0.3, -0.25) is 4.79 Å². The van der Waals surface area contributed by atoms with Crippen molar-refractivity contribution < 1.29 is 13.2 Å². The summed E-state index contributed by atoms with van der Waals surface area (Å²) in [6.07, 6.45) is 1.40. The lowest BCUT2D eigenvalue weighted by atomic mass is 10.2. The van der Waals surface area contributed by atoms with Crippen molar-refractivity contribution in [2.45, 2.75) is 19.8 Å². The van der Waals surface area contributed by atoms with E-state index in [0.717, 1.165) is 12.1 Å². The number of nitrogens with one attached hydrogen (secondary N) is 1. The molecule has 1 aromatic rings. The average molecular weight is 374 g/mol. The third-order valence-corrected chi connectivity index (χ3v) is 5.66. The van der Waals surface area contributed by atoms with Crippen LogP contribution in [0.2, 0.25) is 5.02 Å². The van der Waals surface area contributed by atoms with Crippen LogP contribution in [-0.2, 0) is 14.8 Å². The first-order valence-electron chi connectivity index (χ1n) is 8.17. The maximum Gasteiger partial charge on any atom is 0.237 e. The van der Waals surface area contributed by atoms with E-state index in [1.54, 1.807) is 4.90 Å². The Labute approximate surface area is 148 Å². The van der Waals surface area contributed by atoms with E-state index in [1.165, 1.54) is 0 Å². The van der Waals surface area contributed by atoms with Crippen LogP contribution in [0.3, 0.4) is 0 Å². The minimum Gasteiger partial charge on any atom is -0.368 e. The number of hydrogen-bond acceptors (Lipinski definition) is 4. The standard InChI is InChI=1S/C16H24ClN3O3S/c1-2-3-11-24(22,23)18-13-16(21)20-9-7-19(8-10-20)15-6-4-5-14(17)12-15/h4-6,12,18H,2-3,7-11,13H2,1H3. The molecule has 1 aliphatic heterocycles. The smallest absolute Gasteiger partial charge is 0.237 e. The molecule has 0 aromatic heterocycles. The Morgan fingerprint density at radius 2 is 1.96 bits per heavy atom. The van der Waals surface area contributed by atoms with Gasteiger partial charge in [0.05, 0.1) is 12.3 Å². The molecular weight excluding hydrogens is 350 g/mol. The summed E-state index contributed by atoms with van der Waals surface area (Å²) < 4.78 is 25.9. The molecule has 1 amide bonds. The number of amides is 1. The highest BCUT2D eigenvalue weighted by atomic mass is 35.5. The number of halogens is 1. The highest BCUT2D eigenvalue weighted by Gasteiger charge is 2.22. The Hall–Kier alpha value is -1.31. The minimum atomic E-state index is -3.36. The first-order valence-corrected chi connectivity index (χ1v) is 10.2. The molecule has 0 spiro atoms. The molecule has 1 heterocycles. The zero-order valence-electron chi connectivity index (χ0n) is 13.9. The van der Waals surface area contributed by atoms with Crippen molar-refractivity contribution >= 4 is 33.2 Å². The number of carbonyl (C=O) groups is 1. The number of hydrogen-bond donors (Lipinski definition) is 1. The molecule has 1 aromatic carbocycles. The van der Waals surface area contributed by atoms with Crippen LogP contribution in [-0.4, -0.2) is 57.7 Å². The molecule has 0 saturated carbocycles. The molecule has 1 N–H and O–H groups in total. The van der Waals surface area contributed by atoms with Crippen molar-refractivity contribution in [3.8, 4) is 0 Å². The van der Waals surface area contributed by atoms with Gasteiger partial charge in [-0.1, -0.05) is 31.0 Å². The number of sulfonamides is 1. The van der Waals surface area contributed by atoms with Crippen molar-refractivity contribution in [2.24, 2.45) is 0 Å². The fourth-order valence-electron chi connectivity index (χ4n) is 2.58. The summed E-state index contributed by atoms with van der Waals surface area (Å²) in [5.41, 5.74) is 1.04. The van der Waals surface area contributed by atoms with Gasteiger partial charge in [-0.05, 0) is 24.6 Å². The van der Waals surface area contributed by atoms with Crippen molar-refractivity contribution in [1.29, 1.82) is 0 Å². The van der Waals surface area contributed by atoms with Crippen LogP contribution in [0, 0.1) is 0 Å². The topological polar surface area (TPSA) is 69.7 Å². The third kappa shape index (κ3) is 5.65. The maximum atomic E-state index is 12.2. The van der Waals surface area contributed by atoms with Crippen LogP contribution in [0.1, 0.15) is 19.8 Å². The molecule has 134 valence electrons. The molecule has 0 atom stereocenters. The molecule has 2 rings (SSSR count). The highest BCUT2D eigenvalue weighted by Crippen LogP contribution is 2.20. The Kier molecular flexibility index (Phi) is 6.89. The molecule has 8 heteroatoms. The van der Waals surface area contributed by atoms with E-state index >= 15 is 0 Å². The van der Waals surface area contributed by atoms with Gasteiger partial charge < -0.3 is 9.80 Å². The second-order valence-corrected chi connectivity index (χ2v) is 8.20. The molecule has 1 saturated heterocycles. The molecule has 0 aliphatic carbocycles. The van der Waals surface area contributed by atoms with Crippen LogP contribution >= 0.6 is 11.6 Å². The fourth-order valence-corrected chi connectivity index (χ4v) is 3.92. The maximum absolute atomic E-state index is 12.2. The first-order chi connectivity index (χ1) is 11.4. The van der Waals surface area contributed by atoms with Gasteiger partial charge in [-0.15, -0.1) is 0 Å². The number of benzene rings is 1. The van der Waals surface area contributed by atoms with Gasteiger partial charge in [0.1, 0.15) is 0 Å². The molecule has 1 fully saturated rings. The van der Waals surface area contributed by atoms with Crippen LogP contribution in [0.25, 0.3) is 0 Å². The molecule has 0 radical (unpaired) electrons. The second-order valence-electron chi connectivity index (χ2n) is 5.84. The molecule has 24 heavy (non-hydrogen) atoms. The van der Waals surface area contributed by atoms with Crippen LogP contribution < -0.4 is 9.62 Å². The summed E-state index contributed by atoms with van der Waals surface area (Å²) in [5, 5.41) is 0.687. The van der Waals surface area contributed by atoms with Gasteiger partial charge in [0.25, 0.3) is 0 Å². The number of rotatable bonds is 7. The fraction of sp³-hybridized carbons (Fsp3) is 0.562. The van der Waals surface area contributed by atoms with E-state index in [1.807, 2.05) is 31.2 Å². The summed E-state index contributed by atoms with van der Waals surface area (Å²) in [4.78, 5) is 16.0. The average Bonchev–Trinajstić information content (AvgIpc) is 2.58. The van der Waals surface area contributed by atoms with E-state index in [2.05, 4.69) is 9.62 Å². The number of anilines is 1. The van der Waals surface area contributed by atoms with Crippen molar-refractivity contribution in [3.63, 3.8) is 0 Å². The Bertz CT molecular complexity index is 658. The number of unbranched alkanes of at least 4 members (excludes halogenated alkanes) is 1. The summed E-state index contributed by atoms with van der Waals surface area (Å²) in [6.45, 7) is 4.32. The molecule has 6 nitrogen and oxygen atoms in total. The molecule has 1 aliphatic rings. The van der Waals surface area contributed by atoms with Crippen LogP contribution in [0.15, 0.2) is 24.3 Å². The van der Waals surface area contributed by atoms with Gasteiger partial charge in [0.2, 0.25) is 15.9 Å². The molecule has 0 bridgehead atoms. The Morgan fingerprint density at radius 1 is 1.25 bits per heavy atom. The zero-order chi connectivity index (χ0) is 17.6. The van der Waals surface area contributed by atoms with Gasteiger partial charge in [0.15, 0.2) is 0 Å². The van der Waals surface area contributed by atoms with Gasteiger partial charge in [-0.25, -0.2) is 13.1 Å². The lowest BCUT2D eigenvalue weighted by Crippen LogP contribution is -2.51. The summed E-state index contributed by atoms with van der Waals surface area (Å²) >= 11 is 6.01. The van der Waals surface area contributed by atoms with Crippen LogP contribution in [0.5, 0.6) is 0 Å². The van der Waals surface area contributed by atoms with E-state index in [9.17, 15) is 13.2 Å². The second kappa shape index (κ2) is 8.69. The van der Waals surface area contributed by atoms with Crippen LogP contribution in [0.4, 0.5) is 5.69 Å². The molecular formula is C16H24ClN3O3S. The summed E-state index contributed by atoms with van der Waals surface area (Å²) in [6, 6.07) is 7.63. The normalized spacial score (nSPS) is 15.6. The number of nitrogens with zero attached hydrogens (tertiary/aromatic N) is 2. The molecule has 0 unspecified atom stereocenters. The summed E-state index contributed by atoms with van der Waals surface area (Å²) in [5.74, 6) is -0.111. The highest BCUT2D eigenvalue weighted by molar-refractivity contribution is 7.89. The van der Waals surface area contributed by atoms with Gasteiger partial charge in [-0.2, -0.15) is 0 Å². The van der Waals surface area contributed by atoms with Crippen molar-refractivity contribution in [3.05, 3.63) is 29.3 Å². The van der Waals surface area contributed by atoms with E-state index in [-0.39, 0.29) is 18.2 Å². The van der Waals surface area contributed by atoms with E-state index in [4.69, 9.17) is 11.6 Å². The Balaban J connectivity index is 1.80. The summed E-state index contributed by atoms with van der Waals surface area (Å²) in [7, 11) is -3.36. The Morgan fingerprint density at radius 3 is 2.58 bits per heavy atom. The third-order valence-electron chi connectivity index (χ3n) is 4.02. The van der Waals surface area contributed by atoms with Crippen molar-refractivity contribution in [1.82, 2.24) is 9.62 Å². The largest absolute Gasteiger partial charge is 0.368 e.